The number of phosphoric ester groups is 1. The van der Waals surface area contributed by atoms with Crippen LogP contribution in [0.15, 0.2) is 23.8 Å². The molecule has 30 nitrogen and oxygen atoms in total. The van der Waals surface area contributed by atoms with Gasteiger partial charge in [0.1, 0.15) is 48.5 Å². The van der Waals surface area contributed by atoms with Crippen molar-refractivity contribution >= 4 is 65.2 Å². The summed E-state index contributed by atoms with van der Waals surface area (Å²) in [6, 6.07) is 0. The summed E-state index contributed by atoms with van der Waals surface area (Å²) in [5.41, 5.74) is 10.6. The Balaban J connectivity index is 1.21. The fourth-order valence-electron chi connectivity index (χ4n) is 5.60. The number of aromatic amines is 1. The summed E-state index contributed by atoms with van der Waals surface area (Å²) in [5, 5.41) is 21.4. The minimum Gasteiger partial charge on any atom is -0.387 e. The van der Waals surface area contributed by atoms with Crippen LogP contribution in [0.1, 0.15) is 12.5 Å². The van der Waals surface area contributed by atoms with Gasteiger partial charge in [-0.05, 0) is 0 Å². The molecule has 0 aromatic carbocycles. The molecule has 304 valence electrons. The predicted octanol–water partition coefficient (Wildman–Crippen LogP) is -2.93. The lowest BCUT2D eigenvalue weighted by Crippen LogP contribution is -2.38. The van der Waals surface area contributed by atoms with Crippen LogP contribution in [0.2, 0.25) is 0 Å². The maximum absolute atomic E-state index is 13.4. The second-order valence-corrected chi connectivity index (χ2v) is 17.7. The van der Waals surface area contributed by atoms with Crippen LogP contribution in [0, 0.1) is 0 Å². The molecule has 2 aliphatic heterocycles. The average Bonchev–Trinajstić information content (AvgIpc) is 3.82. The zero-order chi connectivity index (χ0) is 40.2. The highest BCUT2D eigenvalue weighted by atomic mass is 31.3. The van der Waals surface area contributed by atoms with Gasteiger partial charge in [0.15, 0.2) is 35.1 Å². The Morgan fingerprint density at radius 1 is 0.836 bits per heavy atom. The van der Waals surface area contributed by atoms with E-state index in [-0.39, 0.29) is 34.1 Å². The van der Waals surface area contributed by atoms with E-state index in [1.54, 1.807) is 0 Å². The van der Waals surface area contributed by atoms with E-state index < -0.39 is 99.0 Å². The number of aliphatic hydroxyl groups excluding tert-OH is 2. The van der Waals surface area contributed by atoms with Crippen LogP contribution in [0.5, 0.6) is 0 Å². The molecule has 4 aromatic rings. The summed E-state index contributed by atoms with van der Waals surface area (Å²) in [6.45, 7) is -2.05. The Hall–Kier alpha value is -3.18. The molecule has 11 atom stereocenters. The Bertz CT molecular complexity index is 2320. The van der Waals surface area contributed by atoms with Crippen molar-refractivity contribution in [1.29, 1.82) is 0 Å². The van der Waals surface area contributed by atoms with Crippen LogP contribution in [-0.4, -0.2) is 131 Å². The molecular weight excluding hydrogens is 834 g/mol. The summed E-state index contributed by atoms with van der Waals surface area (Å²) in [4.78, 5) is 83.6. The van der Waals surface area contributed by atoms with Crippen LogP contribution in [0.25, 0.3) is 22.3 Å². The number of anilines is 2. The maximum Gasteiger partial charge on any atom is 0.477 e. The van der Waals surface area contributed by atoms with Gasteiger partial charge < -0.3 is 60.4 Å². The Kier molecular flexibility index (Phi) is 11.5. The lowest BCUT2D eigenvalue weighted by atomic mass is 10.1. The van der Waals surface area contributed by atoms with Gasteiger partial charge >= 0.3 is 31.1 Å². The summed E-state index contributed by atoms with van der Waals surface area (Å²) in [5.74, 6) is -0.338. The number of fused-ring (bicyclic) bond motifs is 2. The minimum atomic E-state index is -5.68. The molecule has 0 bridgehead atoms. The number of H-pyrrole nitrogens is 1. The molecule has 2 saturated heterocycles. The Labute approximate surface area is 304 Å². The monoisotopic (exact) mass is 865 g/mol. The van der Waals surface area contributed by atoms with Crippen molar-refractivity contribution in [1.82, 2.24) is 43.9 Å². The number of aliphatic hydroxyl groups is 2. The van der Waals surface area contributed by atoms with Gasteiger partial charge in [-0.3, -0.25) is 32.5 Å². The average molecular weight is 865 g/mol. The second-order valence-electron chi connectivity index (χ2n) is 11.5. The van der Waals surface area contributed by atoms with Gasteiger partial charge in [0.25, 0.3) is 5.56 Å². The fourth-order valence-corrected chi connectivity index (χ4v) is 10.0. The molecule has 6 heterocycles. The van der Waals surface area contributed by atoms with Crippen LogP contribution < -0.4 is 21.9 Å². The van der Waals surface area contributed by atoms with E-state index in [4.69, 9.17) is 49.0 Å². The van der Waals surface area contributed by atoms with Crippen molar-refractivity contribution in [3.8, 4) is 0 Å². The first-order valence-corrected chi connectivity index (χ1v) is 21.1. The smallest absolute Gasteiger partial charge is 0.387 e. The molecule has 0 aliphatic carbocycles. The maximum atomic E-state index is 13.4. The fraction of sp³-hybridized carbons (Fsp3) is 0.524. The number of ether oxygens (including phenoxy) is 3. The van der Waals surface area contributed by atoms with Gasteiger partial charge in [0.2, 0.25) is 5.95 Å². The number of methoxy groups -OCH3 is 1. The number of nitrogens with zero attached hydrogens (tertiary/aromatic N) is 7. The molecule has 55 heavy (non-hydrogen) atoms. The third kappa shape index (κ3) is 9.03. The third-order valence-corrected chi connectivity index (χ3v) is 13.1. The summed E-state index contributed by atoms with van der Waals surface area (Å²) >= 11 is 0. The highest BCUT2D eigenvalue weighted by Crippen LogP contribution is 2.60. The molecule has 2 fully saturated rings. The molecule has 0 saturated carbocycles. The number of hydrogen-bond acceptors (Lipinski definition) is 21. The molecule has 34 heteroatoms. The molecule has 0 spiro atoms. The quantitative estimate of drug-likeness (QED) is 0.0533. The SMILES string of the molecule is CO[C@@H]1[C@H](OP(=O)(O)OC[C@H]2O[C@@H](n3cnc4c(=O)[nH]c(N)nc43)[C@H](O)[C@@H]2O)C(COP(=O)(O)NP(=O)(O)OP(=O)(O)O)O[C@H]1n1cnc2c(N)ncnc21. The molecule has 4 aromatic heterocycles. The first-order chi connectivity index (χ1) is 25.6. The van der Waals surface area contributed by atoms with E-state index >= 15 is 0 Å². The van der Waals surface area contributed by atoms with Crippen molar-refractivity contribution < 1.29 is 85.0 Å². The number of phosphoric acid groups is 2. The van der Waals surface area contributed by atoms with Crippen molar-refractivity contribution in [2.75, 3.05) is 31.8 Å². The summed E-state index contributed by atoms with van der Waals surface area (Å²) in [6.07, 6.45) is -9.47. The van der Waals surface area contributed by atoms with Gasteiger partial charge in [-0.25, -0.2) is 38.2 Å². The molecule has 6 rings (SSSR count). The van der Waals surface area contributed by atoms with Gasteiger partial charge in [0, 0.05) is 7.11 Å². The van der Waals surface area contributed by atoms with Gasteiger partial charge in [-0.1, -0.05) is 0 Å². The number of aromatic nitrogens is 8. The number of rotatable bonds is 15. The molecule has 2 aliphatic rings. The summed E-state index contributed by atoms with van der Waals surface area (Å²) in [7, 11) is -21.1. The number of hydrogen-bond donors (Lipinski definition) is 11. The van der Waals surface area contributed by atoms with Crippen molar-refractivity contribution in [2.24, 2.45) is 0 Å². The highest BCUT2D eigenvalue weighted by molar-refractivity contribution is 7.70. The lowest BCUT2D eigenvalue weighted by Gasteiger charge is -2.26. The van der Waals surface area contributed by atoms with Crippen molar-refractivity contribution in [2.45, 2.75) is 49.1 Å². The number of imidazole rings is 2. The van der Waals surface area contributed by atoms with Crippen LogP contribution in [0.3, 0.4) is 0 Å². The molecule has 0 radical (unpaired) electrons. The zero-order valence-corrected chi connectivity index (χ0v) is 30.9. The predicted molar refractivity (Wildman–Crippen MR) is 175 cm³/mol. The number of nitrogens with one attached hydrogen (secondary N) is 2. The second kappa shape index (κ2) is 15.3. The summed E-state index contributed by atoms with van der Waals surface area (Å²) < 4.78 is 87.3. The van der Waals surface area contributed by atoms with E-state index in [9.17, 15) is 47.9 Å². The number of nitrogen functional groups attached to an aromatic ring is 2. The van der Waals surface area contributed by atoms with E-state index in [1.165, 1.54) is 10.9 Å². The van der Waals surface area contributed by atoms with Gasteiger partial charge in [-0.2, -0.15) is 9.29 Å². The first kappa shape index (κ1) is 41.5. The number of nitrogens with two attached hydrogens (primary N) is 2. The normalized spacial score (nSPS) is 29.4. The van der Waals surface area contributed by atoms with Gasteiger partial charge in [-0.15, -0.1) is 4.86 Å². The van der Waals surface area contributed by atoms with Crippen molar-refractivity contribution in [3.05, 3.63) is 29.3 Å². The van der Waals surface area contributed by atoms with Crippen molar-refractivity contribution in [3.63, 3.8) is 0 Å². The standard InChI is InChI=1S/C21H31N11O19P4/c1-45-14-13(50-55(43,44)47-2-7-11(33)12(34)19(48-7)32-6-27-10-17(32)28-21(23)29-18(10)35)8(3-46-52(36,37)30-53(38,39)51-54(40,41)42)49-20(14)31-5-26-9-15(22)24-4-25-16(9)31/h4-8,11-14,19-20,33-34H,2-3H2,1H3,(H,43,44)(H2,22,24,25)(H2,40,41,42)(H3,23,28,29,35)(H3,30,36,37,38,39)/t7-,8?,11-,12-,13-,14-,19-,20-/m1/s1. The molecule has 0 amide bonds. The minimum absolute atomic E-state index is 0.0473. The first-order valence-electron chi connectivity index (χ1n) is 15.0. The van der Waals surface area contributed by atoms with Crippen LogP contribution >= 0.6 is 31.1 Å². The topological polar surface area (TPSA) is 446 Å². The van der Waals surface area contributed by atoms with Gasteiger partial charge in [0.05, 0.1) is 25.9 Å². The van der Waals surface area contributed by atoms with E-state index in [1.807, 2.05) is 0 Å². The van der Waals surface area contributed by atoms with E-state index in [2.05, 4.69) is 34.2 Å². The molecule has 4 unspecified atom stereocenters. The largest absolute Gasteiger partial charge is 0.477 e. The molecule has 13 N–H and O–H groups in total. The van der Waals surface area contributed by atoms with E-state index in [0.717, 1.165) is 29.2 Å². The van der Waals surface area contributed by atoms with Crippen LogP contribution in [-0.2, 0) is 50.4 Å². The van der Waals surface area contributed by atoms with E-state index in [0.29, 0.717) is 0 Å². The zero-order valence-electron chi connectivity index (χ0n) is 27.4. The lowest BCUT2D eigenvalue weighted by molar-refractivity contribution is -0.0580. The Morgan fingerprint density at radius 2 is 1.47 bits per heavy atom. The Morgan fingerprint density at radius 3 is 2.15 bits per heavy atom. The highest BCUT2D eigenvalue weighted by Gasteiger charge is 2.52. The molecular formula is C21H31N11O19P4. The third-order valence-electron chi connectivity index (χ3n) is 7.82. The van der Waals surface area contributed by atoms with Crippen LogP contribution in [0.4, 0.5) is 11.8 Å².